The molecule has 2 heterocycles. The smallest absolute Gasteiger partial charge is 0.277 e. The van der Waals surface area contributed by atoms with Gasteiger partial charge in [-0.05, 0) is 38.0 Å². The van der Waals surface area contributed by atoms with Crippen LogP contribution in [0.2, 0.25) is 0 Å². The van der Waals surface area contributed by atoms with Crippen molar-refractivity contribution in [2.45, 2.75) is 36.3 Å². The predicted octanol–water partition coefficient (Wildman–Crippen LogP) is 3.58. The Kier molecular flexibility index (Phi) is 5.61. The number of hydrogen-bond acceptors (Lipinski definition) is 6. The van der Waals surface area contributed by atoms with Gasteiger partial charge in [0.2, 0.25) is 15.9 Å². The second-order valence-corrected chi connectivity index (χ2v) is 8.98. The van der Waals surface area contributed by atoms with E-state index >= 15 is 0 Å². The summed E-state index contributed by atoms with van der Waals surface area (Å²) in [5, 5.41) is 8.46. The van der Waals surface area contributed by atoms with Gasteiger partial charge in [-0.1, -0.05) is 36.4 Å². The molecular weight excluding hydrogens is 358 g/mol. The van der Waals surface area contributed by atoms with E-state index in [4.69, 9.17) is 4.42 Å². The number of sulfonamides is 1. The fourth-order valence-corrected chi connectivity index (χ4v) is 4.78. The van der Waals surface area contributed by atoms with E-state index in [9.17, 15) is 8.42 Å². The molecule has 1 aliphatic heterocycles. The van der Waals surface area contributed by atoms with Crippen LogP contribution in [0.25, 0.3) is 11.5 Å². The van der Waals surface area contributed by atoms with Crippen LogP contribution in [0.3, 0.4) is 0 Å². The molecule has 8 heteroatoms. The van der Waals surface area contributed by atoms with E-state index in [0.29, 0.717) is 35.5 Å². The zero-order valence-electron chi connectivity index (χ0n) is 14.1. The van der Waals surface area contributed by atoms with Crippen LogP contribution in [0.1, 0.15) is 26.2 Å². The summed E-state index contributed by atoms with van der Waals surface area (Å²) in [7, 11) is -3.48. The van der Waals surface area contributed by atoms with Crippen LogP contribution < -0.4 is 0 Å². The Hall–Kier alpha value is -1.64. The van der Waals surface area contributed by atoms with Crippen molar-refractivity contribution in [3.05, 3.63) is 36.4 Å². The molecule has 0 atom stereocenters. The van der Waals surface area contributed by atoms with Gasteiger partial charge in [-0.25, -0.2) is 8.42 Å². The number of nitrogens with zero attached hydrogens (tertiary/aromatic N) is 3. The Balaban J connectivity index is 1.83. The van der Waals surface area contributed by atoms with Gasteiger partial charge in [0.15, 0.2) is 0 Å². The van der Waals surface area contributed by atoms with Gasteiger partial charge in [0, 0.05) is 24.4 Å². The maximum atomic E-state index is 12.8. The molecule has 0 spiro atoms. The largest absolute Gasteiger partial charge is 0.411 e. The van der Waals surface area contributed by atoms with E-state index in [1.165, 1.54) is 11.8 Å². The van der Waals surface area contributed by atoms with E-state index in [0.717, 1.165) is 24.8 Å². The molecule has 1 saturated heterocycles. The van der Waals surface area contributed by atoms with Crippen molar-refractivity contribution in [1.29, 1.82) is 0 Å². The Morgan fingerprint density at radius 2 is 2.04 bits per heavy atom. The minimum absolute atomic E-state index is 0.265. The van der Waals surface area contributed by atoms with Gasteiger partial charge >= 0.3 is 0 Å². The van der Waals surface area contributed by atoms with Crippen molar-refractivity contribution in [3.8, 4) is 11.5 Å². The lowest BCUT2D eigenvalue weighted by Gasteiger charge is -2.25. The summed E-state index contributed by atoms with van der Waals surface area (Å²) in [5.41, 5.74) is 1.62. The Morgan fingerprint density at radius 3 is 2.76 bits per heavy atom. The summed E-state index contributed by atoms with van der Waals surface area (Å²) >= 11 is 1.41. The maximum Gasteiger partial charge on any atom is 0.277 e. The van der Waals surface area contributed by atoms with Gasteiger partial charge in [-0.2, -0.15) is 4.31 Å². The Bertz CT molecular complexity index is 856. The first-order chi connectivity index (χ1) is 12.0. The zero-order valence-corrected chi connectivity index (χ0v) is 15.8. The second kappa shape index (κ2) is 7.72. The van der Waals surface area contributed by atoms with Gasteiger partial charge in [-0.15, -0.1) is 10.2 Å². The van der Waals surface area contributed by atoms with Crippen molar-refractivity contribution in [2.24, 2.45) is 0 Å². The van der Waals surface area contributed by atoms with E-state index in [-0.39, 0.29) is 4.90 Å². The lowest BCUT2D eigenvalue weighted by Crippen LogP contribution is -2.35. The number of thioether (sulfide) groups is 1. The summed E-state index contributed by atoms with van der Waals surface area (Å²) in [6.07, 6.45) is 2.90. The lowest BCUT2D eigenvalue weighted by atomic mass is 10.2. The van der Waals surface area contributed by atoms with Gasteiger partial charge in [0.05, 0.1) is 4.90 Å². The van der Waals surface area contributed by atoms with Crippen LogP contribution in [-0.2, 0) is 10.0 Å². The van der Waals surface area contributed by atoms with Crippen LogP contribution >= 0.6 is 11.8 Å². The average Bonchev–Trinajstić information content (AvgIpc) is 3.10. The SMILES string of the molecule is C=C(C)CSc1nnc(-c2cccc(S(=O)(=O)N3CCCCC3)c2)o1. The van der Waals surface area contributed by atoms with Crippen LogP contribution in [-0.4, -0.2) is 41.8 Å². The molecule has 25 heavy (non-hydrogen) atoms. The van der Waals surface area contributed by atoms with E-state index in [1.54, 1.807) is 28.6 Å². The molecule has 0 saturated carbocycles. The maximum absolute atomic E-state index is 12.8. The van der Waals surface area contributed by atoms with Crippen molar-refractivity contribution < 1.29 is 12.8 Å². The number of aromatic nitrogens is 2. The molecule has 0 unspecified atom stereocenters. The highest BCUT2D eigenvalue weighted by Crippen LogP contribution is 2.27. The molecule has 134 valence electrons. The Morgan fingerprint density at radius 1 is 1.28 bits per heavy atom. The molecule has 1 aromatic heterocycles. The topological polar surface area (TPSA) is 76.3 Å². The number of piperidine rings is 1. The van der Waals surface area contributed by atoms with Gasteiger partial charge in [0.1, 0.15) is 0 Å². The van der Waals surface area contributed by atoms with Crippen molar-refractivity contribution >= 4 is 21.8 Å². The lowest BCUT2D eigenvalue weighted by molar-refractivity contribution is 0.346. The number of rotatable bonds is 6. The molecule has 1 aromatic carbocycles. The molecule has 3 rings (SSSR count). The van der Waals surface area contributed by atoms with Crippen LogP contribution in [0.4, 0.5) is 0 Å². The quantitative estimate of drug-likeness (QED) is 0.564. The molecule has 0 amide bonds. The molecule has 0 aliphatic carbocycles. The average molecular weight is 380 g/mol. The molecular formula is C17H21N3O3S2. The molecule has 0 bridgehead atoms. The molecule has 0 radical (unpaired) electrons. The number of benzene rings is 1. The minimum Gasteiger partial charge on any atom is -0.411 e. The highest BCUT2D eigenvalue weighted by molar-refractivity contribution is 7.99. The monoisotopic (exact) mass is 379 g/mol. The molecule has 2 aromatic rings. The van der Waals surface area contributed by atoms with Crippen molar-refractivity contribution in [1.82, 2.24) is 14.5 Å². The van der Waals surface area contributed by atoms with E-state index < -0.39 is 10.0 Å². The third-order valence-electron chi connectivity index (χ3n) is 3.88. The normalized spacial score (nSPS) is 16.0. The Labute approximate surface area is 152 Å². The van der Waals surface area contributed by atoms with Crippen molar-refractivity contribution in [3.63, 3.8) is 0 Å². The first-order valence-corrected chi connectivity index (χ1v) is 10.6. The highest BCUT2D eigenvalue weighted by Gasteiger charge is 2.26. The standard InChI is InChI=1S/C17H21N3O3S2/c1-13(2)12-24-17-19-18-16(23-17)14-7-6-8-15(11-14)25(21,22)20-9-4-3-5-10-20/h6-8,11H,1,3-5,9-10,12H2,2H3. The molecule has 6 nitrogen and oxygen atoms in total. The van der Waals surface area contributed by atoms with Crippen LogP contribution in [0.15, 0.2) is 51.0 Å². The zero-order chi connectivity index (χ0) is 17.9. The summed E-state index contributed by atoms with van der Waals surface area (Å²) in [4.78, 5) is 0.265. The minimum atomic E-state index is -3.48. The summed E-state index contributed by atoms with van der Waals surface area (Å²) in [6, 6.07) is 6.69. The van der Waals surface area contributed by atoms with Crippen LogP contribution in [0.5, 0.6) is 0 Å². The first-order valence-electron chi connectivity index (χ1n) is 8.18. The first kappa shape index (κ1) is 18.2. The van der Waals surface area contributed by atoms with Gasteiger partial charge < -0.3 is 4.42 Å². The third kappa shape index (κ3) is 4.31. The molecule has 0 N–H and O–H groups in total. The fourth-order valence-electron chi connectivity index (χ4n) is 2.61. The molecule has 1 aliphatic rings. The third-order valence-corrected chi connectivity index (χ3v) is 6.83. The van der Waals surface area contributed by atoms with E-state index in [1.807, 2.05) is 6.92 Å². The fraction of sp³-hybridized carbons (Fsp3) is 0.412. The summed E-state index contributed by atoms with van der Waals surface area (Å²) in [5.74, 6) is 1.02. The van der Waals surface area contributed by atoms with Crippen LogP contribution in [0, 0.1) is 0 Å². The summed E-state index contributed by atoms with van der Waals surface area (Å²) in [6.45, 7) is 6.92. The predicted molar refractivity (Wildman–Crippen MR) is 97.9 cm³/mol. The van der Waals surface area contributed by atoms with Gasteiger partial charge in [0.25, 0.3) is 5.22 Å². The van der Waals surface area contributed by atoms with E-state index in [2.05, 4.69) is 16.8 Å². The second-order valence-electron chi connectivity index (χ2n) is 6.11. The van der Waals surface area contributed by atoms with Crippen molar-refractivity contribution in [2.75, 3.05) is 18.8 Å². The van der Waals surface area contributed by atoms with Gasteiger partial charge in [-0.3, -0.25) is 0 Å². The molecule has 1 fully saturated rings. The highest BCUT2D eigenvalue weighted by atomic mass is 32.2. The summed E-state index contributed by atoms with van der Waals surface area (Å²) < 4.78 is 32.8. The number of hydrogen-bond donors (Lipinski definition) is 0.